The van der Waals surface area contributed by atoms with Crippen LogP contribution < -0.4 is 5.73 Å². The molecule has 0 amide bonds. The topological polar surface area (TPSA) is 26.0 Å². The van der Waals surface area contributed by atoms with E-state index in [0.29, 0.717) is 10.0 Å². The Kier molecular flexibility index (Phi) is 6.86. The zero-order valence-electron chi connectivity index (χ0n) is 9.52. The predicted molar refractivity (Wildman–Crippen MR) is 72.3 cm³/mol. The smallest absolute Gasteiger partial charge is 0.0595 e. The lowest BCUT2D eigenvalue weighted by molar-refractivity contribution is 0.618. The fraction of sp³-hybridized carbons (Fsp3) is 0.538. The Morgan fingerprint density at radius 2 is 1.56 bits per heavy atom. The summed E-state index contributed by atoms with van der Waals surface area (Å²) >= 11 is 11.8. The number of aryl methyl sites for hydroxylation is 1. The van der Waals surface area contributed by atoms with E-state index >= 15 is 0 Å². The third-order valence-corrected chi connectivity index (χ3v) is 3.39. The molecule has 1 rings (SSSR count). The highest BCUT2D eigenvalue weighted by Crippen LogP contribution is 2.23. The molecule has 0 aliphatic heterocycles. The van der Waals surface area contributed by atoms with Crippen LogP contribution in [0.25, 0.3) is 0 Å². The molecule has 0 atom stereocenters. The first-order valence-electron chi connectivity index (χ1n) is 5.88. The molecule has 1 aromatic carbocycles. The van der Waals surface area contributed by atoms with Crippen molar-refractivity contribution in [2.75, 3.05) is 6.54 Å². The average Bonchev–Trinajstić information content (AvgIpc) is 2.28. The number of halogens is 2. The number of hydrogen-bond acceptors (Lipinski definition) is 1. The summed E-state index contributed by atoms with van der Waals surface area (Å²) < 4.78 is 0. The van der Waals surface area contributed by atoms with Gasteiger partial charge in [-0.05, 0) is 43.5 Å². The lowest BCUT2D eigenvalue weighted by Gasteiger charge is -2.03. The normalized spacial score (nSPS) is 10.7. The summed E-state index contributed by atoms with van der Waals surface area (Å²) in [4.78, 5) is 0. The van der Waals surface area contributed by atoms with Crippen molar-refractivity contribution in [3.63, 3.8) is 0 Å². The van der Waals surface area contributed by atoms with Gasteiger partial charge in [0.1, 0.15) is 0 Å². The second-order valence-corrected chi connectivity index (χ2v) is 4.87. The number of nitrogens with two attached hydrogens (primary N) is 1. The quantitative estimate of drug-likeness (QED) is 0.720. The molecule has 16 heavy (non-hydrogen) atoms. The molecule has 2 N–H and O–H groups in total. The van der Waals surface area contributed by atoms with E-state index in [2.05, 4.69) is 0 Å². The van der Waals surface area contributed by atoms with Crippen molar-refractivity contribution in [1.82, 2.24) is 0 Å². The van der Waals surface area contributed by atoms with E-state index in [1.807, 2.05) is 18.2 Å². The van der Waals surface area contributed by atoms with Crippen LogP contribution in [-0.2, 0) is 6.42 Å². The van der Waals surface area contributed by atoms with Crippen LogP contribution in [0.1, 0.15) is 37.7 Å². The van der Waals surface area contributed by atoms with E-state index in [1.54, 1.807) is 0 Å². The number of unbranched alkanes of at least 4 members (excludes halogenated alkanes) is 4. The second kappa shape index (κ2) is 7.94. The Labute approximate surface area is 108 Å². The Morgan fingerprint density at radius 1 is 0.875 bits per heavy atom. The molecule has 0 aromatic heterocycles. The Bertz CT molecular complexity index is 313. The summed E-state index contributed by atoms with van der Waals surface area (Å²) in [6, 6.07) is 5.88. The van der Waals surface area contributed by atoms with Crippen molar-refractivity contribution in [2.24, 2.45) is 5.73 Å². The molecule has 1 aromatic rings. The van der Waals surface area contributed by atoms with Crippen LogP contribution in [0.3, 0.4) is 0 Å². The number of benzene rings is 1. The summed E-state index contributed by atoms with van der Waals surface area (Å²) in [5, 5.41) is 1.29. The Morgan fingerprint density at radius 3 is 2.25 bits per heavy atom. The van der Waals surface area contributed by atoms with Crippen LogP contribution >= 0.6 is 23.2 Å². The maximum atomic E-state index is 5.95. The molecule has 0 bridgehead atoms. The van der Waals surface area contributed by atoms with Crippen LogP contribution in [0.5, 0.6) is 0 Å². The van der Waals surface area contributed by atoms with Gasteiger partial charge in [0.15, 0.2) is 0 Å². The third-order valence-electron chi connectivity index (χ3n) is 2.65. The lowest BCUT2D eigenvalue weighted by Crippen LogP contribution is -1.97. The first-order chi connectivity index (χ1) is 7.74. The van der Waals surface area contributed by atoms with Gasteiger partial charge in [-0.2, -0.15) is 0 Å². The maximum absolute atomic E-state index is 5.95. The van der Waals surface area contributed by atoms with E-state index in [4.69, 9.17) is 28.9 Å². The minimum absolute atomic E-state index is 0.633. The van der Waals surface area contributed by atoms with E-state index < -0.39 is 0 Å². The summed E-state index contributed by atoms with van der Waals surface area (Å²) in [5.74, 6) is 0. The van der Waals surface area contributed by atoms with Crippen molar-refractivity contribution >= 4 is 23.2 Å². The minimum atomic E-state index is 0.633. The van der Waals surface area contributed by atoms with Crippen molar-refractivity contribution in [3.8, 4) is 0 Å². The van der Waals surface area contributed by atoms with Gasteiger partial charge < -0.3 is 5.73 Å². The number of rotatable bonds is 7. The zero-order chi connectivity index (χ0) is 11.8. The second-order valence-electron chi connectivity index (χ2n) is 4.05. The standard InChI is InChI=1S/C13H19Cl2N/c14-12-8-7-11(10-13(12)15)6-4-2-1-3-5-9-16/h7-8,10H,1-6,9,16H2. The van der Waals surface area contributed by atoms with E-state index in [9.17, 15) is 0 Å². The van der Waals surface area contributed by atoms with E-state index in [0.717, 1.165) is 19.4 Å². The van der Waals surface area contributed by atoms with Crippen LogP contribution in [0.2, 0.25) is 10.0 Å². The van der Waals surface area contributed by atoms with E-state index in [-0.39, 0.29) is 0 Å². The molecule has 0 saturated heterocycles. The van der Waals surface area contributed by atoms with E-state index in [1.165, 1.54) is 31.2 Å². The molecule has 0 aliphatic rings. The molecule has 90 valence electrons. The molecule has 0 saturated carbocycles. The molecular weight excluding hydrogens is 241 g/mol. The highest BCUT2D eigenvalue weighted by Gasteiger charge is 1.99. The Balaban J connectivity index is 2.19. The molecule has 0 unspecified atom stereocenters. The van der Waals surface area contributed by atoms with Gasteiger partial charge in [-0.25, -0.2) is 0 Å². The van der Waals surface area contributed by atoms with Gasteiger partial charge in [-0.1, -0.05) is 48.5 Å². The molecule has 0 spiro atoms. The molecular formula is C13H19Cl2N. The fourth-order valence-electron chi connectivity index (χ4n) is 1.70. The van der Waals surface area contributed by atoms with Gasteiger partial charge in [-0.15, -0.1) is 0 Å². The van der Waals surface area contributed by atoms with Crippen molar-refractivity contribution < 1.29 is 0 Å². The zero-order valence-corrected chi connectivity index (χ0v) is 11.0. The van der Waals surface area contributed by atoms with Gasteiger partial charge in [0.05, 0.1) is 10.0 Å². The molecule has 0 fully saturated rings. The van der Waals surface area contributed by atoms with Crippen LogP contribution in [0.4, 0.5) is 0 Å². The summed E-state index contributed by atoms with van der Waals surface area (Å²) in [6.07, 6.45) is 7.23. The largest absolute Gasteiger partial charge is 0.330 e. The molecule has 3 heteroatoms. The van der Waals surface area contributed by atoms with Gasteiger partial charge in [0.25, 0.3) is 0 Å². The minimum Gasteiger partial charge on any atom is -0.330 e. The van der Waals surface area contributed by atoms with Crippen LogP contribution in [-0.4, -0.2) is 6.54 Å². The van der Waals surface area contributed by atoms with Crippen molar-refractivity contribution in [1.29, 1.82) is 0 Å². The van der Waals surface area contributed by atoms with Gasteiger partial charge >= 0.3 is 0 Å². The van der Waals surface area contributed by atoms with Gasteiger partial charge in [0.2, 0.25) is 0 Å². The summed E-state index contributed by atoms with van der Waals surface area (Å²) in [7, 11) is 0. The highest BCUT2D eigenvalue weighted by atomic mass is 35.5. The first-order valence-corrected chi connectivity index (χ1v) is 6.63. The maximum Gasteiger partial charge on any atom is 0.0595 e. The predicted octanol–water partition coefficient (Wildman–Crippen LogP) is 4.45. The highest BCUT2D eigenvalue weighted by molar-refractivity contribution is 6.42. The lowest BCUT2D eigenvalue weighted by atomic mass is 10.1. The molecule has 0 heterocycles. The van der Waals surface area contributed by atoms with Crippen molar-refractivity contribution in [3.05, 3.63) is 33.8 Å². The van der Waals surface area contributed by atoms with Crippen molar-refractivity contribution in [2.45, 2.75) is 38.5 Å². The molecule has 1 nitrogen and oxygen atoms in total. The number of hydrogen-bond donors (Lipinski definition) is 1. The first kappa shape index (κ1) is 13.8. The Hall–Kier alpha value is -0.240. The fourth-order valence-corrected chi connectivity index (χ4v) is 2.02. The third kappa shape index (κ3) is 5.20. The van der Waals surface area contributed by atoms with Crippen LogP contribution in [0.15, 0.2) is 18.2 Å². The van der Waals surface area contributed by atoms with Gasteiger partial charge in [0, 0.05) is 0 Å². The summed E-state index contributed by atoms with van der Waals surface area (Å²) in [5.41, 5.74) is 6.71. The summed E-state index contributed by atoms with van der Waals surface area (Å²) in [6.45, 7) is 0.812. The van der Waals surface area contributed by atoms with Gasteiger partial charge in [-0.3, -0.25) is 0 Å². The SMILES string of the molecule is NCCCCCCCc1ccc(Cl)c(Cl)c1. The molecule has 0 aliphatic carbocycles. The molecule has 0 radical (unpaired) electrons. The monoisotopic (exact) mass is 259 g/mol. The van der Waals surface area contributed by atoms with Crippen LogP contribution in [0, 0.1) is 0 Å². The average molecular weight is 260 g/mol.